The van der Waals surface area contributed by atoms with Gasteiger partial charge in [-0.25, -0.2) is 4.98 Å². The van der Waals surface area contributed by atoms with Crippen LogP contribution in [0.4, 0.5) is 0 Å². The number of hydrogen-bond acceptors (Lipinski definition) is 3. The number of halogens is 1. The number of pyridine rings is 1. The highest BCUT2D eigenvalue weighted by molar-refractivity contribution is 6.32. The van der Waals surface area contributed by atoms with Crippen LogP contribution in [-0.4, -0.2) is 15.2 Å². The topological polar surface area (TPSA) is 53.4 Å². The van der Waals surface area contributed by atoms with Crippen LogP contribution in [0, 0.1) is 0 Å². The number of aromatic nitrogens is 1. The first-order valence-electron chi connectivity index (χ1n) is 6.38. The second-order valence-corrected chi connectivity index (χ2v) is 5.01. The van der Waals surface area contributed by atoms with Crippen molar-refractivity contribution < 1.29 is 10.2 Å². The molecule has 0 bridgehead atoms. The second-order valence-electron chi connectivity index (χ2n) is 4.66. The van der Waals surface area contributed by atoms with Crippen molar-refractivity contribution in [2.24, 2.45) is 0 Å². The van der Waals surface area contributed by atoms with E-state index >= 15 is 0 Å². The summed E-state index contributed by atoms with van der Waals surface area (Å²) in [6.45, 7) is 0. The summed E-state index contributed by atoms with van der Waals surface area (Å²) in [5.74, 6) is 0.428. The fourth-order valence-corrected chi connectivity index (χ4v) is 2.32. The Bertz CT molecular complexity index is 768. The quantitative estimate of drug-likeness (QED) is 0.686. The van der Waals surface area contributed by atoms with E-state index in [-0.39, 0.29) is 11.5 Å². The average Bonchev–Trinajstić information content (AvgIpc) is 2.50. The molecule has 0 amide bonds. The van der Waals surface area contributed by atoms with E-state index in [1.807, 2.05) is 18.2 Å². The molecule has 0 aliphatic heterocycles. The van der Waals surface area contributed by atoms with Crippen molar-refractivity contribution >= 4 is 11.6 Å². The molecule has 0 radical (unpaired) electrons. The van der Waals surface area contributed by atoms with Crippen LogP contribution in [0.1, 0.15) is 0 Å². The lowest BCUT2D eigenvalue weighted by atomic mass is 10.0. The normalized spacial score (nSPS) is 10.5. The number of phenols is 2. The summed E-state index contributed by atoms with van der Waals surface area (Å²) >= 11 is 6.17. The summed E-state index contributed by atoms with van der Waals surface area (Å²) in [5.41, 5.74) is 3.52. The molecule has 104 valence electrons. The lowest BCUT2D eigenvalue weighted by Crippen LogP contribution is -1.86. The smallest absolute Gasteiger partial charge is 0.136 e. The molecule has 1 heterocycles. The van der Waals surface area contributed by atoms with Gasteiger partial charge in [0, 0.05) is 17.3 Å². The lowest BCUT2D eigenvalue weighted by Gasteiger charge is -2.08. The van der Waals surface area contributed by atoms with Crippen molar-refractivity contribution in [1.29, 1.82) is 0 Å². The van der Waals surface area contributed by atoms with Gasteiger partial charge in [-0.3, -0.25) is 0 Å². The summed E-state index contributed by atoms with van der Waals surface area (Å²) < 4.78 is 0. The summed E-state index contributed by atoms with van der Waals surface area (Å²) in [4.78, 5) is 4.22. The predicted octanol–water partition coefficient (Wildman–Crippen LogP) is 4.48. The van der Waals surface area contributed by atoms with Gasteiger partial charge in [0.1, 0.15) is 16.7 Å². The molecule has 2 aromatic carbocycles. The monoisotopic (exact) mass is 297 g/mol. The Kier molecular flexibility index (Phi) is 3.50. The fourth-order valence-electron chi connectivity index (χ4n) is 2.10. The van der Waals surface area contributed by atoms with E-state index in [9.17, 15) is 10.2 Å². The van der Waals surface area contributed by atoms with Gasteiger partial charge in [-0.1, -0.05) is 35.9 Å². The second kappa shape index (κ2) is 5.46. The van der Waals surface area contributed by atoms with Crippen molar-refractivity contribution in [3.8, 4) is 33.8 Å². The molecule has 0 spiro atoms. The molecule has 0 saturated carbocycles. The SMILES string of the molecule is Oc1ccc(-c2cnc(Cl)c(-c3ccc(O)cc3)c2)cc1. The first-order chi connectivity index (χ1) is 10.1. The van der Waals surface area contributed by atoms with Crippen molar-refractivity contribution in [2.75, 3.05) is 0 Å². The highest BCUT2D eigenvalue weighted by Crippen LogP contribution is 2.32. The highest BCUT2D eigenvalue weighted by atomic mass is 35.5. The molecule has 0 fully saturated rings. The third-order valence-corrected chi connectivity index (χ3v) is 3.52. The van der Waals surface area contributed by atoms with E-state index in [0.29, 0.717) is 5.15 Å². The molecule has 3 aromatic rings. The van der Waals surface area contributed by atoms with Crippen LogP contribution in [0.5, 0.6) is 11.5 Å². The fraction of sp³-hybridized carbons (Fsp3) is 0. The third-order valence-electron chi connectivity index (χ3n) is 3.22. The molecular formula is C17H12ClNO2. The Hall–Kier alpha value is -2.52. The van der Waals surface area contributed by atoms with Gasteiger partial charge in [0.05, 0.1) is 0 Å². The maximum Gasteiger partial charge on any atom is 0.136 e. The van der Waals surface area contributed by atoms with Crippen LogP contribution in [0.2, 0.25) is 5.15 Å². The standard InChI is InChI=1S/C17H12ClNO2/c18-17-16(12-3-7-15(21)8-4-12)9-13(10-19-17)11-1-5-14(20)6-2-11/h1-10,20-21H. The van der Waals surface area contributed by atoms with E-state index < -0.39 is 0 Å². The number of benzene rings is 2. The van der Waals surface area contributed by atoms with Gasteiger partial charge in [0.15, 0.2) is 0 Å². The first-order valence-corrected chi connectivity index (χ1v) is 6.75. The molecule has 3 nitrogen and oxygen atoms in total. The van der Waals surface area contributed by atoms with Gasteiger partial charge in [-0.05, 0) is 41.5 Å². The number of aromatic hydroxyl groups is 2. The van der Waals surface area contributed by atoms with Crippen LogP contribution in [0.15, 0.2) is 60.8 Å². The van der Waals surface area contributed by atoms with E-state index in [2.05, 4.69) is 4.98 Å². The van der Waals surface area contributed by atoms with Gasteiger partial charge in [-0.2, -0.15) is 0 Å². The Balaban J connectivity index is 2.07. The van der Waals surface area contributed by atoms with Crippen molar-refractivity contribution in [3.05, 3.63) is 65.9 Å². The predicted molar refractivity (Wildman–Crippen MR) is 83.4 cm³/mol. The van der Waals surface area contributed by atoms with E-state index in [0.717, 1.165) is 22.3 Å². The van der Waals surface area contributed by atoms with Crippen LogP contribution in [-0.2, 0) is 0 Å². The van der Waals surface area contributed by atoms with E-state index in [1.54, 1.807) is 42.6 Å². The van der Waals surface area contributed by atoms with Gasteiger partial charge < -0.3 is 10.2 Å². The van der Waals surface area contributed by atoms with E-state index in [1.165, 1.54) is 0 Å². The Morgan fingerprint density at radius 2 is 1.24 bits per heavy atom. The summed E-state index contributed by atoms with van der Waals surface area (Å²) in [6, 6.07) is 15.6. The molecule has 0 saturated heterocycles. The number of hydrogen-bond donors (Lipinski definition) is 2. The first kappa shape index (κ1) is 13.5. The third kappa shape index (κ3) is 2.83. The van der Waals surface area contributed by atoms with Crippen LogP contribution < -0.4 is 0 Å². The number of nitrogens with zero attached hydrogens (tertiary/aromatic N) is 1. The van der Waals surface area contributed by atoms with Gasteiger partial charge >= 0.3 is 0 Å². The molecule has 2 N–H and O–H groups in total. The maximum atomic E-state index is 9.36. The summed E-state index contributed by atoms with van der Waals surface area (Å²) in [7, 11) is 0. The molecule has 0 unspecified atom stereocenters. The highest BCUT2D eigenvalue weighted by Gasteiger charge is 2.08. The minimum absolute atomic E-state index is 0.206. The Morgan fingerprint density at radius 3 is 1.81 bits per heavy atom. The van der Waals surface area contributed by atoms with Gasteiger partial charge in [0.2, 0.25) is 0 Å². The Labute approximate surface area is 127 Å². The van der Waals surface area contributed by atoms with Gasteiger partial charge in [-0.15, -0.1) is 0 Å². The molecule has 21 heavy (non-hydrogen) atoms. The zero-order valence-corrected chi connectivity index (χ0v) is 11.7. The molecule has 4 heteroatoms. The van der Waals surface area contributed by atoms with Crippen molar-refractivity contribution in [1.82, 2.24) is 4.98 Å². The number of rotatable bonds is 2. The summed E-state index contributed by atoms with van der Waals surface area (Å²) in [6.07, 6.45) is 1.69. The molecule has 0 aliphatic rings. The van der Waals surface area contributed by atoms with Gasteiger partial charge in [0.25, 0.3) is 0 Å². The van der Waals surface area contributed by atoms with Crippen molar-refractivity contribution in [3.63, 3.8) is 0 Å². The zero-order valence-electron chi connectivity index (χ0n) is 11.0. The largest absolute Gasteiger partial charge is 0.508 e. The minimum atomic E-state index is 0.206. The molecule has 3 rings (SSSR count). The Morgan fingerprint density at radius 1 is 0.714 bits per heavy atom. The van der Waals surface area contributed by atoms with Crippen molar-refractivity contribution in [2.45, 2.75) is 0 Å². The lowest BCUT2D eigenvalue weighted by molar-refractivity contribution is 0.475. The minimum Gasteiger partial charge on any atom is -0.508 e. The molecular weight excluding hydrogens is 286 g/mol. The maximum absolute atomic E-state index is 9.36. The zero-order chi connectivity index (χ0) is 14.8. The summed E-state index contributed by atoms with van der Waals surface area (Å²) in [5, 5.41) is 19.1. The molecule has 0 atom stereocenters. The van der Waals surface area contributed by atoms with Crippen LogP contribution in [0.3, 0.4) is 0 Å². The van der Waals surface area contributed by atoms with Crippen LogP contribution >= 0.6 is 11.6 Å². The number of phenolic OH excluding ortho intramolecular Hbond substituents is 2. The molecule has 1 aromatic heterocycles. The van der Waals surface area contributed by atoms with Crippen LogP contribution in [0.25, 0.3) is 22.3 Å². The average molecular weight is 298 g/mol. The molecule has 0 aliphatic carbocycles. The van der Waals surface area contributed by atoms with E-state index in [4.69, 9.17) is 11.6 Å².